The molecule has 1 aromatic rings. The van der Waals surface area contributed by atoms with Crippen LogP contribution in [-0.4, -0.2) is 21.7 Å². The van der Waals surface area contributed by atoms with Crippen molar-refractivity contribution in [2.24, 2.45) is 18.7 Å². The highest BCUT2D eigenvalue weighted by Crippen LogP contribution is 2.25. The summed E-state index contributed by atoms with van der Waals surface area (Å²) in [6, 6.07) is 2.05. The number of carbonyl (C=O) groups excluding carboxylic acids is 1. The van der Waals surface area contributed by atoms with Gasteiger partial charge in [0.25, 0.3) is 0 Å². The fraction of sp³-hybridized carbons (Fsp3) is 0.636. The van der Waals surface area contributed by atoms with Crippen LogP contribution < -0.4 is 11.1 Å². The van der Waals surface area contributed by atoms with E-state index in [9.17, 15) is 4.79 Å². The van der Waals surface area contributed by atoms with Gasteiger partial charge in [0.2, 0.25) is 5.91 Å². The fourth-order valence-electron chi connectivity index (χ4n) is 2.21. The smallest absolute Gasteiger partial charge is 0.228 e. The van der Waals surface area contributed by atoms with E-state index in [1.807, 2.05) is 20.0 Å². The molecule has 0 spiro atoms. The second-order valence-corrected chi connectivity index (χ2v) is 4.55. The van der Waals surface area contributed by atoms with Gasteiger partial charge in [-0.15, -0.1) is 0 Å². The lowest BCUT2D eigenvalue weighted by Crippen LogP contribution is -2.24. The molecule has 88 valence electrons. The lowest BCUT2D eigenvalue weighted by molar-refractivity contribution is -0.119. The number of rotatable bonds is 2. The third kappa shape index (κ3) is 2.24. The highest BCUT2D eigenvalue weighted by molar-refractivity contribution is 5.92. The summed E-state index contributed by atoms with van der Waals surface area (Å²) in [5, 5.41) is 7.08. The van der Waals surface area contributed by atoms with Gasteiger partial charge < -0.3 is 11.1 Å². The molecule has 0 aliphatic heterocycles. The molecule has 2 rings (SSSR count). The minimum atomic E-state index is 0.0604. The molecule has 16 heavy (non-hydrogen) atoms. The highest BCUT2D eigenvalue weighted by Gasteiger charge is 2.28. The second-order valence-electron chi connectivity index (χ2n) is 4.55. The van der Waals surface area contributed by atoms with Crippen LogP contribution in [0.25, 0.3) is 0 Å². The van der Waals surface area contributed by atoms with Gasteiger partial charge in [-0.25, -0.2) is 0 Å². The Kier molecular flexibility index (Phi) is 2.96. The van der Waals surface area contributed by atoms with Crippen molar-refractivity contribution in [3.05, 3.63) is 11.8 Å². The minimum Gasteiger partial charge on any atom is -0.328 e. The van der Waals surface area contributed by atoms with Crippen molar-refractivity contribution in [2.75, 3.05) is 5.32 Å². The normalized spacial score (nSPS) is 24.7. The number of aryl methyl sites for hydroxylation is 2. The van der Waals surface area contributed by atoms with Crippen molar-refractivity contribution in [3.8, 4) is 0 Å². The van der Waals surface area contributed by atoms with Crippen molar-refractivity contribution in [1.29, 1.82) is 0 Å². The summed E-state index contributed by atoms with van der Waals surface area (Å²) in [6.45, 7) is 1.90. The van der Waals surface area contributed by atoms with Gasteiger partial charge in [-0.2, -0.15) is 5.10 Å². The van der Waals surface area contributed by atoms with Gasteiger partial charge in [0.15, 0.2) is 0 Å². The van der Waals surface area contributed by atoms with Crippen LogP contribution in [0.1, 0.15) is 25.0 Å². The molecular formula is C11H18N4O. The fourth-order valence-corrected chi connectivity index (χ4v) is 2.21. The zero-order valence-corrected chi connectivity index (χ0v) is 9.73. The maximum absolute atomic E-state index is 11.9. The molecule has 1 heterocycles. The van der Waals surface area contributed by atoms with Gasteiger partial charge in [-0.05, 0) is 26.2 Å². The first-order valence-corrected chi connectivity index (χ1v) is 5.63. The Balaban J connectivity index is 1.99. The third-order valence-electron chi connectivity index (χ3n) is 3.10. The number of anilines is 1. The monoisotopic (exact) mass is 222 g/mol. The van der Waals surface area contributed by atoms with Crippen LogP contribution in [0, 0.1) is 12.8 Å². The van der Waals surface area contributed by atoms with Crippen molar-refractivity contribution in [1.82, 2.24) is 9.78 Å². The van der Waals surface area contributed by atoms with E-state index >= 15 is 0 Å². The zero-order chi connectivity index (χ0) is 11.7. The number of nitrogens with one attached hydrogen (secondary N) is 1. The van der Waals surface area contributed by atoms with E-state index in [2.05, 4.69) is 10.4 Å². The third-order valence-corrected chi connectivity index (χ3v) is 3.10. The van der Waals surface area contributed by atoms with Crippen molar-refractivity contribution in [2.45, 2.75) is 32.2 Å². The average molecular weight is 222 g/mol. The summed E-state index contributed by atoms with van der Waals surface area (Å²) < 4.78 is 1.68. The van der Waals surface area contributed by atoms with Gasteiger partial charge >= 0.3 is 0 Å². The van der Waals surface area contributed by atoms with Crippen LogP contribution in [0.5, 0.6) is 0 Å². The van der Waals surface area contributed by atoms with E-state index in [1.54, 1.807) is 4.68 Å². The largest absolute Gasteiger partial charge is 0.328 e. The Morgan fingerprint density at radius 2 is 2.38 bits per heavy atom. The average Bonchev–Trinajstić information content (AvgIpc) is 2.74. The molecule has 1 saturated carbocycles. The first-order valence-electron chi connectivity index (χ1n) is 5.63. The number of carbonyl (C=O) groups is 1. The summed E-state index contributed by atoms with van der Waals surface area (Å²) in [5.74, 6) is 0.879. The van der Waals surface area contributed by atoms with Crippen LogP contribution in [0.15, 0.2) is 6.07 Å². The SMILES string of the molecule is Cc1cc(NC(=O)C2CCC(N)C2)n(C)n1. The molecule has 0 aromatic carbocycles. The predicted octanol–water partition coefficient (Wildman–Crippen LogP) is 0.794. The van der Waals surface area contributed by atoms with Crippen LogP contribution >= 0.6 is 0 Å². The van der Waals surface area contributed by atoms with Gasteiger partial charge in [-0.3, -0.25) is 9.48 Å². The molecule has 0 bridgehead atoms. The summed E-state index contributed by atoms with van der Waals surface area (Å²) in [7, 11) is 1.82. The van der Waals surface area contributed by atoms with E-state index in [0.29, 0.717) is 0 Å². The quantitative estimate of drug-likeness (QED) is 0.777. The van der Waals surface area contributed by atoms with E-state index < -0.39 is 0 Å². The second kappa shape index (κ2) is 4.25. The summed E-state index contributed by atoms with van der Waals surface area (Å²) >= 11 is 0. The van der Waals surface area contributed by atoms with Crippen molar-refractivity contribution in [3.63, 3.8) is 0 Å². The summed E-state index contributed by atoms with van der Waals surface area (Å²) in [4.78, 5) is 11.9. The maximum Gasteiger partial charge on any atom is 0.228 e. The van der Waals surface area contributed by atoms with Gasteiger partial charge in [0, 0.05) is 25.1 Å². The molecule has 2 atom stereocenters. The molecule has 0 radical (unpaired) electrons. The summed E-state index contributed by atoms with van der Waals surface area (Å²) in [5.41, 5.74) is 6.70. The zero-order valence-electron chi connectivity index (χ0n) is 9.73. The van der Waals surface area contributed by atoms with Crippen molar-refractivity contribution >= 4 is 11.7 Å². The molecule has 5 nitrogen and oxygen atoms in total. The molecule has 1 fully saturated rings. The Hall–Kier alpha value is -1.36. The standard InChI is InChI=1S/C11H18N4O/c1-7-5-10(15(2)14-7)13-11(16)8-3-4-9(12)6-8/h5,8-9H,3-4,6,12H2,1-2H3,(H,13,16). The number of nitrogens with zero attached hydrogens (tertiary/aromatic N) is 2. The maximum atomic E-state index is 11.9. The van der Waals surface area contributed by atoms with Gasteiger partial charge in [-0.1, -0.05) is 0 Å². The van der Waals surface area contributed by atoms with Gasteiger partial charge in [0.1, 0.15) is 5.82 Å². The Bertz CT molecular complexity index is 399. The topological polar surface area (TPSA) is 72.9 Å². The minimum absolute atomic E-state index is 0.0604. The molecule has 1 amide bonds. The first-order chi connectivity index (χ1) is 7.56. The lowest BCUT2D eigenvalue weighted by atomic mass is 10.1. The Morgan fingerprint density at radius 1 is 1.62 bits per heavy atom. The molecule has 3 N–H and O–H groups in total. The molecular weight excluding hydrogens is 204 g/mol. The van der Waals surface area contributed by atoms with Gasteiger partial charge in [0.05, 0.1) is 5.69 Å². The summed E-state index contributed by atoms with van der Waals surface area (Å²) in [6.07, 6.45) is 2.63. The lowest BCUT2D eigenvalue weighted by Gasteiger charge is -2.10. The molecule has 1 aliphatic rings. The Morgan fingerprint density at radius 3 is 2.88 bits per heavy atom. The number of nitrogens with two attached hydrogens (primary N) is 1. The van der Waals surface area contributed by atoms with E-state index in [1.165, 1.54) is 0 Å². The van der Waals surface area contributed by atoms with Crippen LogP contribution in [0.3, 0.4) is 0 Å². The molecule has 0 saturated heterocycles. The van der Waals surface area contributed by atoms with Crippen molar-refractivity contribution < 1.29 is 4.79 Å². The van der Waals surface area contributed by atoms with E-state index in [4.69, 9.17) is 5.73 Å². The molecule has 1 aromatic heterocycles. The van der Waals surface area contributed by atoms with Crippen LogP contribution in [-0.2, 0) is 11.8 Å². The highest BCUT2D eigenvalue weighted by atomic mass is 16.2. The molecule has 1 aliphatic carbocycles. The predicted molar refractivity (Wildman–Crippen MR) is 61.9 cm³/mol. The number of aromatic nitrogens is 2. The molecule has 2 unspecified atom stereocenters. The number of amides is 1. The van der Waals surface area contributed by atoms with Crippen LogP contribution in [0.4, 0.5) is 5.82 Å². The van der Waals surface area contributed by atoms with E-state index in [-0.39, 0.29) is 17.9 Å². The number of hydrogen-bond donors (Lipinski definition) is 2. The Labute approximate surface area is 95.0 Å². The first kappa shape index (κ1) is 11.1. The van der Waals surface area contributed by atoms with E-state index in [0.717, 1.165) is 30.8 Å². The number of hydrogen-bond acceptors (Lipinski definition) is 3. The van der Waals surface area contributed by atoms with Crippen LogP contribution in [0.2, 0.25) is 0 Å². The molecule has 5 heteroatoms.